The molecular weight excluding hydrogens is 398 g/mol. The Morgan fingerprint density at radius 2 is 1.77 bits per heavy atom. The highest BCUT2D eigenvalue weighted by Crippen LogP contribution is 2.41. The number of piperidine rings is 1. The van der Waals surface area contributed by atoms with Crippen LogP contribution < -0.4 is 14.2 Å². The molecule has 31 heavy (non-hydrogen) atoms. The molecule has 0 saturated carbocycles. The number of ether oxygens (including phenoxy) is 3. The van der Waals surface area contributed by atoms with E-state index in [4.69, 9.17) is 18.7 Å². The van der Waals surface area contributed by atoms with Crippen molar-refractivity contribution in [2.75, 3.05) is 34.4 Å². The van der Waals surface area contributed by atoms with Crippen LogP contribution in [0.1, 0.15) is 35.0 Å². The first-order valence-electron chi connectivity index (χ1n) is 10.1. The lowest BCUT2D eigenvalue weighted by atomic mass is 9.97. The average molecular weight is 423 g/mol. The van der Waals surface area contributed by atoms with Crippen molar-refractivity contribution in [3.63, 3.8) is 0 Å². The van der Waals surface area contributed by atoms with E-state index in [0.29, 0.717) is 46.6 Å². The van der Waals surface area contributed by atoms with E-state index in [2.05, 4.69) is 10.1 Å². The minimum absolute atomic E-state index is 0.00954. The third-order valence-electron chi connectivity index (χ3n) is 5.44. The summed E-state index contributed by atoms with van der Waals surface area (Å²) in [5.74, 6) is 2.50. The number of hydrogen-bond acceptors (Lipinski definition) is 7. The Morgan fingerprint density at radius 3 is 2.42 bits per heavy atom. The largest absolute Gasteiger partial charge is 0.493 e. The van der Waals surface area contributed by atoms with E-state index in [-0.39, 0.29) is 11.8 Å². The summed E-state index contributed by atoms with van der Waals surface area (Å²) in [4.78, 5) is 19.3. The molecule has 0 aliphatic carbocycles. The molecule has 0 bridgehead atoms. The summed E-state index contributed by atoms with van der Waals surface area (Å²) < 4.78 is 21.8. The van der Waals surface area contributed by atoms with Gasteiger partial charge in [0, 0.05) is 24.2 Å². The van der Waals surface area contributed by atoms with Crippen molar-refractivity contribution in [2.24, 2.45) is 0 Å². The SMILES string of the molecule is COc1cc(-c2noc([C@@H]3CCCN(C(=O)c4ccccc4)C3)n2)cc(OC)c1OC. The number of nitrogens with zero attached hydrogens (tertiary/aromatic N) is 3. The van der Waals surface area contributed by atoms with Crippen LogP contribution in [-0.4, -0.2) is 55.4 Å². The molecule has 8 heteroatoms. The third kappa shape index (κ3) is 4.19. The van der Waals surface area contributed by atoms with Gasteiger partial charge in [0.2, 0.25) is 17.5 Å². The molecule has 2 heterocycles. The van der Waals surface area contributed by atoms with Gasteiger partial charge in [0.05, 0.1) is 27.2 Å². The second-order valence-corrected chi connectivity index (χ2v) is 7.33. The Labute approximate surface area is 180 Å². The van der Waals surface area contributed by atoms with Crippen molar-refractivity contribution < 1.29 is 23.5 Å². The molecule has 1 saturated heterocycles. The van der Waals surface area contributed by atoms with E-state index in [1.165, 1.54) is 0 Å². The predicted octanol–water partition coefficient (Wildman–Crippen LogP) is 3.78. The molecule has 1 amide bonds. The molecule has 3 aromatic rings. The lowest BCUT2D eigenvalue weighted by Gasteiger charge is -2.31. The summed E-state index contributed by atoms with van der Waals surface area (Å²) in [6.07, 6.45) is 1.76. The molecule has 4 rings (SSSR count). The molecule has 0 unspecified atom stereocenters. The minimum Gasteiger partial charge on any atom is -0.493 e. The van der Waals surface area contributed by atoms with Gasteiger partial charge in [-0.1, -0.05) is 23.4 Å². The van der Waals surface area contributed by atoms with Crippen molar-refractivity contribution in [3.05, 3.63) is 53.9 Å². The van der Waals surface area contributed by atoms with E-state index < -0.39 is 0 Å². The number of methoxy groups -OCH3 is 3. The maximum absolute atomic E-state index is 12.8. The molecule has 8 nitrogen and oxygen atoms in total. The standard InChI is InChI=1S/C23H25N3O5/c1-28-18-12-17(13-19(29-2)20(18)30-3)21-24-22(31-25-21)16-10-7-11-26(14-16)23(27)15-8-5-4-6-9-15/h4-6,8-9,12-13,16H,7,10-11,14H2,1-3H3/t16-/m1/s1. The van der Waals surface area contributed by atoms with Gasteiger partial charge in [0.1, 0.15) is 0 Å². The zero-order valence-corrected chi connectivity index (χ0v) is 17.8. The Kier molecular flexibility index (Phi) is 6.06. The molecule has 1 fully saturated rings. The fourth-order valence-electron chi connectivity index (χ4n) is 3.85. The highest BCUT2D eigenvalue weighted by Gasteiger charge is 2.29. The van der Waals surface area contributed by atoms with Crippen LogP contribution in [0.25, 0.3) is 11.4 Å². The van der Waals surface area contributed by atoms with Crippen LogP contribution in [0.3, 0.4) is 0 Å². The van der Waals surface area contributed by atoms with E-state index in [1.54, 1.807) is 33.5 Å². The lowest BCUT2D eigenvalue weighted by molar-refractivity contribution is 0.0695. The monoisotopic (exact) mass is 423 g/mol. The molecule has 1 aliphatic rings. The second kappa shape index (κ2) is 9.07. The summed E-state index contributed by atoms with van der Waals surface area (Å²) in [6.45, 7) is 1.27. The van der Waals surface area contributed by atoms with Crippen molar-refractivity contribution in [1.82, 2.24) is 15.0 Å². The zero-order chi connectivity index (χ0) is 21.8. The summed E-state index contributed by atoms with van der Waals surface area (Å²) >= 11 is 0. The van der Waals surface area contributed by atoms with Crippen molar-refractivity contribution in [1.29, 1.82) is 0 Å². The topological polar surface area (TPSA) is 86.9 Å². The average Bonchev–Trinajstić information content (AvgIpc) is 3.33. The number of aromatic nitrogens is 2. The van der Waals surface area contributed by atoms with Gasteiger partial charge in [-0.15, -0.1) is 0 Å². The van der Waals surface area contributed by atoms with E-state index in [1.807, 2.05) is 35.2 Å². The minimum atomic E-state index is -0.00954. The number of carbonyl (C=O) groups is 1. The Morgan fingerprint density at radius 1 is 1.06 bits per heavy atom. The number of amides is 1. The van der Waals surface area contributed by atoms with E-state index in [0.717, 1.165) is 19.4 Å². The molecule has 1 aliphatic heterocycles. The van der Waals surface area contributed by atoms with Gasteiger partial charge in [-0.25, -0.2) is 0 Å². The summed E-state index contributed by atoms with van der Waals surface area (Å²) in [7, 11) is 4.67. The highest BCUT2D eigenvalue weighted by molar-refractivity contribution is 5.94. The van der Waals surface area contributed by atoms with Crippen molar-refractivity contribution in [2.45, 2.75) is 18.8 Å². The predicted molar refractivity (Wildman–Crippen MR) is 114 cm³/mol. The molecule has 0 radical (unpaired) electrons. The molecule has 1 aromatic heterocycles. The summed E-state index contributed by atoms with van der Waals surface area (Å²) in [5.41, 5.74) is 1.38. The molecule has 162 valence electrons. The second-order valence-electron chi connectivity index (χ2n) is 7.33. The molecular formula is C23H25N3O5. The van der Waals surface area contributed by atoms with Crippen LogP contribution in [0.5, 0.6) is 17.2 Å². The van der Waals surface area contributed by atoms with Gasteiger partial charge in [0.15, 0.2) is 11.5 Å². The maximum Gasteiger partial charge on any atom is 0.253 e. The maximum atomic E-state index is 12.8. The summed E-state index contributed by atoms with van der Waals surface area (Å²) in [5, 5.41) is 4.15. The Balaban J connectivity index is 1.55. The van der Waals surface area contributed by atoms with Crippen LogP contribution in [0, 0.1) is 0 Å². The fourth-order valence-corrected chi connectivity index (χ4v) is 3.85. The fraction of sp³-hybridized carbons (Fsp3) is 0.348. The first-order valence-corrected chi connectivity index (χ1v) is 10.1. The normalized spacial score (nSPS) is 16.1. The number of hydrogen-bond donors (Lipinski definition) is 0. The van der Waals surface area contributed by atoms with Gasteiger partial charge in [0.25, 0.3) is 5.91 Å². The van der Waals surface area contributed by atoms with Gasteiger partial charge in [-0.3, -0.25) is 4.79 Å². The smallest absolute Gasteiger partial charge is 0.253 e. The third-order valence-corrected chi connectivity index (χ3v) is 5.44. The van der Waals surface area contributed by atoms with E-state index in [9.17, 15) is 4.79 Å². The number of rotatable bonds is 6. The van der Waals surface area contributed by atoms with Gasteiger partial charge in [-0.05, 0) is 37.1 Å². The Bertz CT molecular complexity index is 1030. The van der Waals surface area contributed by atoms with Crippen LogP contribution in [-0.2, 0) is 0 Å². The van der Waals surface area contributed by atoms with Crippen LogP contribution >= 0.6 is 0 Å². The zero-order valence-electron chi connectivity index (χ0n) is 17.8. The Hall–Kier alpha value is -3.55. The molecule has 0 N–H and O–H groups in total. The number of carbonyl (C=O) groups excluding carboxylic acids is 1. The molecule has 2 aromatic carbocycles. The van der Waals surface area contributed by atoms with E-state index >= 15 is 0 Å². The number of benzene rings is 2. The lowest BCUT2D eigenvalue weighted by Crippen LogP contribution is -2.39. The van der Waals surface area contributed by atoms with Crippen molar-refractivity contribution >= 4 is 5.91 Å². The molecule has 0 spiro atoms. The molecule has 1 atom stereocenters. The summed E-state index contributed by atoms with van der Waals surface area (Å²) in [6, 6.07) is 12.9. The first kappa shape index (κ1) is 20.7. The van der Waals surface area contributed by atoms with Gasteiger partial charge in [-0.2, -0.15) is 4.98 Å². The quantitative estimate of drug-likeness (QED) is 0.596. The van der Waals surface area contributed by atoms with Crippen LogP contribution in [0.2, 0.25) is 0 Å². The number of likely N-dealkylation sites (tertiary alicyclic amines) is 1. The van der Waals surface area contributed by atoms with Crippen molar-refractivity contribution in [3.8, 4) is 28.6 Å². The highest BCUT2D eigenvalue weighted by atomic mass is 16.5. The van der Waals surface area contributed by atoms with Gasteiger partial charge < -0.3 is 23.6 Å². The van der Waals surface area contributed by atoms with Gasteiger partial charge >= 0.3 is 0 Å². The van der Waals surface area contributed by atoms with Crippen LogP contribution in [0.4, 0.5) is 0 Å². The first-order chi connectivity index (χ1) is 15.1. The van der Waals surface area contributed by atoms with Crippen LogP contribution in [0.15, 0.2) is 47.0 Å².